The van der Waals surface area contributed by atoms with Gasteiger partial charge in [-0.2, -0.15) is 0 Å². The molecule has 1 N–H and O–H groups in total. The van der Waals surface area contributed by atoms with E-state index in [1.165, 1.54) is 18.4 Å². The summed E-state index contributed by atoms with van der Waals surface area (Å²) in [7, 11) is -0.500. The van der Waals surface area contributed by atoms with Gasteiger partial charge < -0.3 is 5.32 Å². The first-order valence-electron chi connectivity index (χ1n) is 7.86. The van der Waals surface area contributed by atoms with Crippen molar-refractivity contribution < 1.29 is 13.2 Å². The molecule has 3 atom stereocenters. The van der Waals surface area contributed by atoms with E-state index < -0.39 is 10.0 Å². The SMILES string of the molecule is CN(C)S(=O)(=O)c1ccccc1CNC(=O)[C@H]1C[C@H]2C=C[C@H]1C2. The van der Waals surface area contributed by atoms with Crippen LogP contribution in [0.5, 0.6) is 0 Å². The molecule has 1 aromatic rings. The largest absolute Gasteiger partial charge is 0.352 e. The molecule has 0 aliphatic heterocycles. The Bertz CT molecular complexity index is 740. The molecule has 124 valence electrons. The van der Waals surface area contributed by atoms with E-state index in [0.717, 1.165) is 12.8 Å². The third kappa shape index (κ3) is 3.05. The predicted molar refractivity (Wildman–Crippen MR) is 88.0 cm³/mol. The highest BCUT2D eigenvalue weighted by atomic mass is 32.2. The van der Waals surface area contributed by atoms with Crippen molar-refractivity contribution >= 4 is 15.9 Å². The molecule has 2 aliphatic rings. The van der Waals surface area contributed by atoms with Crippen molar-refractivity contribution in [3.05, 3.63) is 42.0 Å². The fourth-order valence-corrected chi connectivity index (χ4v) is 4.61. The molecule has 0 radical (unpaired) electrons. The molecule has 6 heteroatoms. The second-order valence-electron chi connectivity index (χ2n) is 6.50. The van der Waals surface area contributed by atoms with Crippen molar-refractivity contribution in [3.8, 4) is 0 Å². The van der Waals surface area contributed by atoms with Gasteiger partial charge in [0.05, 0.1) is 4.90 Å². The molecule has 3 rings (SSSR count). The number of fused-ring (bicyclic) bond motifs is 2. The number of nitrogens with one attached hydrogen (secondary N) is 1. The maximum atomic E-state index is 12.4. The van der Waals surface area contributed by atoms with Gasteiger partial charge in [-0.3, -0.25) is 4.79 Å². The number of carbonyl (C=O) groups is 1. The summed E-state index contributed by atoms with van der Waals surface area (Å²) in [6.07, 6.45) is 6.32. The molecule has 0 aromatic heterocycles. The Kier molecular flexibility index (Phi) is 4.29. The van der Waals surface area contributed by atoms with Crippen molar-refractivity contribution in [1.29, 1.82) is 0 Å². The Hall–Kier alpha value is -1.66. The fourth-order valence-electron chi connectivity index (χ4n) is 3.49. The third-order valence-corrected chi connectivity index (χ3v) is 6.72. The Morgan fingerprint density at radius 1 is 1.22 bits per heavy atom. The van der Waals surface area contributed by atoms with Crippen LogP contribution in [0.4, 0.5) is 0 Å². The molecular formula is C17H22N2O3S. The van der Waals surface area contributed by atoms with Crippen molar-refractivity contribution in [2.75, 3.05) is 14.1 Å². The number of carbonyl (C=O) groups excluding carboxylic acids is 1. The molecule has 1 fully saturated rings. The van der Waals surface area contributed by atoms with E-state index in [0.29, 0.717) is 17.4 Å². The van der Waals surface area contributed by atoms with Crippen LogP contribution in [0.2, 0.25) is 0 Å². The van der Waals surface area contributed by atoms with Crippen molar-refractivity contribution in [2.24, 2.45) is 17.8 Å². The van der Waals surface area contributed by atoms with Crippen LogP contribution in [-0.4, -0.2) is 32.7 Å². The summed E-state index contributed by atoms with van der Waals surface area (Å²) in [5.74, 6) is 0.944. The molecule has 0 spiro atoms. The molecule has 5 nitrogen and oxygen atoms in total. The summed E-state index contributed by atoms with van der Waals surface area (Å²) in [6, 6.07) is 6.81. The zero-order chi connectivity index (χ0) is 16.6. The van der Waals surface area contributed by atoms with E-state index >= 15 is 0 Å². The monoisotopic (exact) mass is 334 g/mol. The number of amides is 1. The van der Waals surface area contributed by atoms with E-state index in [4.69, 9.17) is 0 Å². The Labute approximate surface area is 137 Å². The standard InChI is InChI=1S/C17H22N2O3S/c1-19(2)23(21,22)16-6-4-3-5-14(16)11-18-17(20)15-10-12-7-8-13(15)9-12/h3-8,12-13,15H,9-11H2,1-2H3,(H,18,20)/t12-,13-,15-/m0/s1. The van der Waals surface area contributed by atoms with E-state index in [-0.39, 0.29) is 23.3 Å². The fraction of sp³-hybridized carbons (Fsp3) is 0.471. The van der Waals surface area contributed by atoms with E-state index in [1.807, 2.05) is 0 Å². The average molecular weight is 334 g/mol. The third-order valence-electron chi connectivity index (χ3n) is 4.80. The van der Waals surface area contributed by atoms with Crippen LogP contribution in [0.1, 0.15) is 18.4 Å². The van der Waals surface area contributed by atoms with Gasteiger partial charge in [0.15, 0.2) is 0 Å². The number of nitrogens with zero attached hydrogens (tertiary/aromatic N) is 1. The highest BCUT2D eigenvalue weighted by molar-refractivity contribution is 7.89. The highest BCUT2D eigenvalue weighted by Gasteiger charge is 2.39. The Morgan fingerprint density at radius 2 is 1.96 bits per heavy atom. The predicted octanol–water partition coefficient (Wildman–Crippen LogP) is 1.77. The zero-order valence-electron chi connectivity index (χ0n) is 13.4. The van der Waals surface area contributed by atoms with Crippen molar-refractivity contribution in [3.63, 3.8) is 0 Å². The Morgan fingerprint density at radius 3 is 2.57 bits per heavy atom. The summed E-state index contributed by atoms with van der Waals surface area (Å²) in [5.41, 5.74) is 0.619. The van der Waals surface area contributed by atoms with Gasteiger partial charge in [0.2, 0.25) is 15.9 Å². The second-order valence-corrected chi connectivity index (χ2v) is 8.62. The number of rotatable bonds is 5. The molecule has 1 amide bonds. The molecule has 1 saturated carbocycles. The number of benzene rings is 1. The van der Waals surface area contributed by atoms with Gasteiger partial charge in [-0.15, -0.1) is 0 Å². The van der Waals surface area contributed by atoms with Gasteiger partial charge in [0.1, 0.15) is 0 Å². The van der Waals surface area contributed by atoms with Crippen LogP contribution >= 0.6 is 0 Å². The number of sulfonamides is 1. The van der Waals surface area contributed by atoms with Crippen LogP contribution in [0, 0.1) is 17.8 Å². The normalized spacial score (nSPS) is 26.0. The van der Waals surface area contributed by atoms with Crippen LogP contribution in [0.3, 0.4) is 0 Å². The van der Waals surface area contributed by atoms with Gasteiger partial charge in [0, 0.05) is 26.6 Å². The first-order chi connectivity index (χ1) is 10.9. The topological polar surface area (TPSA) is 66.5 Å². The average Bonchev–Trinajstić information content (AvgIpc) is 3.15. The first-order valence-corrected chi connectivity index (χ1v) is 9.30. The Balaban J connectivity index is 1.72. The maximum Gasteiger partial charge on any atom is 0.242 e. The molecule has 1 aromatic carbocycles. The van der Waals surface area contributed by atoms with Crippen molar-refractivity contribution in [1.82, 2.24) is 9.62 Å². The van der Waals surface area contributed by atoms with Crippen LogP contribution in [-0.2, 0) is 21.4 Å². The summed E-state index contributed by atoms with van der Waals surface area (Å²) in [4.78, 5) is 12.6. The first kappa shape index (κ1) is 16.2. The quantitative estimate of drug-likeness (QED) is 0.835. The summed E-state index contributed by atoms with van der Waals surface area (Å²) in [5, 5.41) is 2.92. The van der Waals surface area contributed by atoms with Gasteiger partial charge in [-0.1, -0.05) is 30.4 Å². The number of allylic oxidation sites excluding steroid dienone is 2. The van der Waals surface area contributed by atoms with Crippen LogP contribution < -0.4 is 5.32 Å². The summed E-state index contributed by atoms with van der Waals surface area (Å²) in [6.45, 7) is 0.236. The summed E-state index contributed by atoms with van der Waals surface area (Å²) >= 11 is 0. The zero-order valence-corrected chi connectivity index (χ0v) is 14.2. The maximum absolute atomic E-state index is 12.4. The molecule has 2 aliphatic carbocycles. The number of hydrogen-bond acceptors (Lipinski definition) is 3. The molecule has 2 bridgehead atoms. The summed E-state index contributed by atoms with van der Waals surface area (Å²) < 4.78 is 25.9. The molecule has 0 heterocycles. The smallest absolute Gasteiger partial charge is 0.242 e. The lowest BCUT2D eigenvalue weighted by Crippen LogP contribution is -2.33. The lowest BCUT2D eigenvalue weighted by molar-refractivity contribution is -0.125. The molecule has 0 unspecified atom stereocenters. The van der Waals surface area contributed by atoms with Gasteiger partial charge in [0.25, 0.3) is 0 Å². The minimum absolute atomic E-state index is 0.0268. The van der Waals surface area contributed by atoms with E-state index in [1.54, 1.807) is 24.3 Å². The minimum atomic E-state index is -3.51. The molecule has 0 saturated heterocycles. The van der Waals surface area contributed by atoms with E-state index in [2.05, 4.69) is 17.5 Å². The van der Waals surface area contributed by atoms with Gasteiger partial charge in [-0.05, 0) is 36.3 Å². The highest BCUT2D eigenvalue weighted by Crippen LogP contribution is 2.43. The van der Waals surface area contributed by atoms with Gasteiger partial charge in [-0.25, -0.2) is 12.7 Å². The minimum Gasteiger partial charge on any atom is -0.352 e. The molecule has 23 heavy (non-hydrogen) atoms. The van der Waals surface area contributed by atoms with Crippen molar-refractivity contribution in [2.45, 2.75) is 24.3 Å². The lowest BCUT2D eigenvalue weighted by Gasteiger charge is -2.19. The molecular weight excluding hydrogens is 312 g/mol. The lowest BCUT2D eigenvalue weighted by atomic mass is 9.93. The number of hydrogen-bond donors (Lipinski definition) is 1. The van der Waals surface area contributed by atoms with Crippen LogP contribution in [0.25, 0.3) is 0 Å². The van der Waals surface area contributed by atoms with Crippen LogP contribution in [0.15, 0.2) is 41.3 Å². The second kappa shape index (κ2) is 6.09. The van der Waals surface area contributed by atoms with Gasteiger partial charge >= 0.3 is 0 Å². The van der Waals surface area contributed by atoms with E-state index in [9.17, 15) is 13.2 Å².